The maximum Gasteiger partial charge on any atom is 0.351 e. The van der Waals surface area contributed by atoms with Gasteiger partial charge in [-0.25, -0.2) is 9.59 Å². The molecule has 2 aliphatic heterocycles. The average molecular weight is 226 g/mol. The molecule has 0 atom stereocenters. The van der Waals surface area contributed by atoms with Crippen LogP contribution in [0, 0.1) is 0 Å². The van der Waals surface area contributed by atoms with Crippen LogP contribution in [0.5, 0.6) is 0 Å². The van der Waals surface area contributed by atoms with Crippen LogP contribution in [0.3, 0.4) is 0 Å². The van der Waals surface area contributed by atoms with Crippen molar-refractivity contribution in [3.8, 4) is 0 Å². The van der Waals surface area contributed by atoms with E-state index >= 15 is 0 Å². The van der Waals surface area contributed by atoms with Crippen LogP contribution in [-0.4, -0.2) is 35.2 Å². The number of carboxylic acid groups (broad SMARTS) is 2. The molecule has 6 heteroatoms. The number of carboxylic acids is 2. The minimum atomic E-state index is -0.859. The average Bonchev–Trinajstić information content (AvgIpc) is 2.93. The Bertz CT molecular complexity index is 313. The van der Waals surface area contributed by atoms with Gasteiger partial charge in [0, 0.05) is 13.1 Å². The second-order valence-electron chi connectivity index (χ2n) is 3.28. The van der Waals surface area contributed by atoms with Crippen LogP contribution in [0.4, 0.5) is 0 Å². The summed E-state index contributed by atoms with van der Waals surface area (Å²) >= 11 is 0. The van der Waals surface area contributed by atoms with Gasteiger partial charge in [0.1, 0.15) is 11.4 Å². The largest absolute Gasteiger partial charge is 0.477 e. The number of hydrogen-bond donors (Lipinski definition) is 4. The minimum absolute atomic E-state index is 0.338. The summed E-state index contributed by atoms with van der Waals surface area (Å²) in [5.74, 6) is -1.72. The topological polar surface area (TPSA) is 98.7 Å². The molecular weight excluding hydrogens is 212 g/mol. The van der Waals surface area contributed by atoms with E-state index in [-0.39, 0.29) is 0 Å². The summed E-state index contributed by atoms with van der Waals surface area (Å²) in [7, 11) is 0. The van der Waals surface area contributed by atoms with Crippen LogP contribution in [0.15, 0.2) is 23.5 Å². The lowest BCUT2D eigenvalue weighted by Gasteiger charge is -1.92. The first kappa shape index (κ1) is 12.1. The molecule has 4 N–H and O–H groups in total. The molecule has 0 spiro atoms. The molecule has 2 aliphatic rings. The molecule has 0 fully saturated rings. The minimum Gasteiger partial charge on any atom is -0.477 e. The first-order valence-corrected chi connectivity index (χ1v) is 4.96. The van der Waals surface area contributed by atoms with Gasteiger partial charge in [0.15, 0.2) is 0 Å². The Morgan fingerprint density at radius 3 is 1.44 bits per heavy atom. The van der Waals surface area contributed by atoms with E-state index in [9.17, 15) is 9.59 Å². The zero-order valence-corrected chi connectivity index (χ0v) is 8.69. The van der Waals surface area contributed by atoms with Gasteiger partial charge in [0.25, 0.3) is 0 Å². The maximum absolute atomic E-state index is 10.1. The second-order valence-corrected chi connectivity index (χ2v) is 3.28. The van der Waals surface area contributed by atoms with E-state index in [0.717, 1.165) is 25.9 Å². The molecule has 0 saturated heterocycles. The van der Waals surface area contributed by atoms with Gasteiger partial charge in [0.05, 0.1) is 0 Å². The number of carbonyl (C=O) groups is 2. The van der Waals surface area contributed by atoms with Crippen molar-refractivity contribution in [2.45, 2.75) is 12.8 Å². The zero-order chi connectivity index (χ0) is 12.0. The van der Waals surface area contributed by atoms with Crippen LogP contribution >= 0.6 is 0 Å². The van der Waals surface area contributed by atoms with Crippen molar-refractivity contribution in [3.63, 3.8) is 0 Å². The van der Waals surface area contributed by atoms with Crippen molar-refractivity contribution in [3.05, 3.63) is 23.5 Å². The van der Waals surface area contributed by atoms with Crippen molar-refractivity contribution >= 4 is 11.9 Å². The molecule has 0 aliphatic carbocycles. The summed E-state index contributed by atoms with van der Waals surface area (Å²) in [6, 6.07) is 0. The van der Waals surface area contributed by atoms with E-state index in [0.29, 0.717) is 11.4 Å². The highest BCUT2D eigenvalue weighted by Crippen LogP contribution is 1.99. The Morgan fingerprint density at radius 1 is 0.938 bits per heavy atom. The molecule has 2 rings (SSSR count). The van der Waals surface area contributed by atoms with E-state index < -0.39 is 11.9 Å². The number of hydrogen-bond acceptors (Lipinski definition) is 4. The Kier molecular flexibility index (Phi) is 4.38. The van der Waals surface area contributed by atoms with Crippen LogP contribution in [0.2, 0.25) is 0 Å². The Hall–Kier alpha value is -1.98. The number of rotatable bonds is 2. The fourth-order valence-electron chi connectivity index (χ4n) is 1.32. The van der Waals surface area contributed by atoms with Crippen molar-refractivity contribution in [2.75, 3.05) is 13.1 Å². The van der Waals surface area contributed by atoms with Crippen LogP contribution < -0.4 is 10.6 Å². The van der Waals surface area contributed by atoms with Crippen LogP contribution in [-0.2, 0) is 9.59 Å². The van der Waals surface area contributed by atoms with Gasteiger partial charge in [-0.3, -0.25) is 0 Å². The van der Waals surface area contributed by atoms with Gasteiger partial charge in [-0.2, -0.15) is 0 Å². The Balaban J connectivity index is 0.000000160. The molecule has 88 valence electrons. The summed E-state index contributed by atoms with van der Waals surface area (Å²) in [4.78, 5) is 20.1. The normalized spacial score (nSPS) is 17.2. The lowest BCUT2D eigenvalue weighted by Crippen LogP contribution is -2.14. The molecule has 0 saturated carbocycles. The Labute approximate surface area is 92.6 Å². The Morgan fingerprint density at radius 2 is 1.31 bits per heavy atom. The summed E-state index contributed by atoms with van der Waals surface area (Å²) in [5, 5.41) is 22.0. The molecule has 0 radical (unpaired) electrons. The van der Waals surface area contributed by atoms with E-state index in [2.05, 4.69) is 10.6 Å². The van der Waals surface area contributed by atoms with Crippen LogP contribution in [0.1, 0.15) is 12.8 Å². The van der Waals surface area contributed by atoms with E-state index in [4.69, 9.17) is 10.2 Å². The zero-order valence-electron chi connectivity index (χ0n) is 8.69. The molecule has 6 nitrogen and oxygen atoms in total. The number of nitrogens with one attached hydrogen (secondary N) is 2. The molecule has 0 aromatic carbocycles. The smallest absolute Gasteiger partial charge is 0.351 e. The van der Waals surface area contributed by atoms with E-state index in [1.807, 2.05) is 0 Å². The van der Waals surface area contributed by atoms with E-state index in [1.54, 1.807) is 12.2 Å². The third-order valence-corrected chi connectivity index (χ3v) is 2.08. The predicted molar refractivity (Wildman–Crippen MR) is 56.7 cm³/mol. The SMILES string of the molecule is O=C(O)C1=CCCN1.O=C(O)C1=CCCN1. The first-order chi connectivity index (χ1) is 7.61. The van der Waals surface area contributed by atoms with Crippen molar-refractivity contribution < 1.29 is 19.8 Å². The van der Waals surface area contributed by atoms with Gasteiger partial charge in [-0.05, 0) is 12.8 Å². The lowest BCUT2D eigenvalue weighted by atomic mass is 10.4. The molecule has 16 heavy (non-hydrogen) atoms. The molecule has 0 aromatic heterocycles. The highest BCUT2D eigenvalue weighted by atomic mass is 16.4. The molecule has 2 heterocycles. The van der Waals surface area contributed by atoms with Gasteiger partial charge >= 0.3 is 11.9 Å². The fourth-order valence-corrected chi connectivity index (χ4v) is 1.32. The molecule has 0 aromatic rings. The fraction of sp³-hybridized carbons (Fsp3) is 0.400. The highest BCUT2D eigenvalue weighted by Gasteiger charge is 2.09. The molecule has 0 bridgehead atoms. The molecule has 0 amide bonds. The quantitative estimate of drug-likeness (QED) is 0.524. The van der Waals surface area contributed by atoms with Crippen LogP contribution in [0.25, 0.3) is 0 Å². The van der Waals surface area contributed by atoms with Gasteiger partial charge in [0.2, 0.25) is 0 Å². The van der Waals surface area contributed by atoms with Gasteiger partial charge in [-0.1, -0.05) is 12.2 Å². The highest BCUT2D eigenvalue weighted by molar-refractivity contribution is 5.86. The first-order valence-electron chi connectivity index (χ1n) is 4.96. The summed E-state index contributed by atoms with van der Waals surface area (Å²) in [6.07, 6.45) is 5.04. The lowest BCUT2D eigenvalue weighted by molar-refractivity contribution is -0.133. The summed E-state index contributed by atoms with van der Waals surface area (Å²) in [5.41, 5.74) is 0.676. The third-order valence-electron chi connectivity index (χ3n) is 2.08. The molecule has 0 unspecified atom stereocenters. The standard InChI is InChI=1S/2C5H7NO2/c2*7-5(8)4-2-1-3-6-4/h2*2,6H,1,3H2,(H,7,8). The summed E-state index contributed by atoms with van der Waals surface area (Å²) in [6.45, 7) is 1.53. The third kappa shape index (κ3) is 3.64. The van der Waals surface area contributed by atoms with Crippen molar-refractivity contribution in [1.29, 1.82) is 0 Å². The van der Waals surface area contributed by atoms with Gasteiger partial charge < -0.3 is 20.8 Å². The predicted octanol–water partition coefficient (Wildman–Crippen LogP) is -0.104. The van der Waals surface area contributed by atoms with Crippen molar-refractivity contribution in [1.82, 2.24) is 10.6 Å². The second kappa shape index (κ2) is 5.79. The molecular formula is C10H14N2O4. The maximum atomic E-state index is 10.1. The van der Waals surface area contributed by atoms with Crippen molar-refractivity contribution in [2.24, 2.45) is 0 Å². The van der Waals surface area contributed by atoms with Gasteiger partial charge in [-0.15, -0.1) is 0 Å². The monoisotopic (exact) mass is 226 g/mol. The van der Waals surface area contributed by atoms with E-state index in [1.165, 1.54) is 0 Å². The number of aliphatic carboxylic acids is 2. The summed E-state index contributed by atoms with van der Waals surface area (Å²) < 4.78 is 0.